The summed E-state index contributed by atoms with van der Waals surface area (Å²) in [7, 11) is -4.80. The van der Waals surface area contributed by atoms with Crippen LogP contribution >= 0.6 is 7.82 Å². The lowest BCUT2D eigenvalue weighted by atomic mass is 10.1. The average molecular weight is 262 g/mol. The van der Waals surface area contributed by atoms with Crippen LogP contribution in [0.3, 0.4) is 0 Å². The molecule has 0 heterocycles. The summed E-state index contributed by atoms with van der Waals surface area (Å²) in [4.78, 5) is 26.6. The molecule has 0 fully saturated rings. The van der Waals surface area contributed by atoms with E-state index in [4.69, 9.17) is 30.2 Å². The molecule has 0 rings (SSSR count). The minimum atomic E-state index is -4.80. The molecule has 0 aliphatic carbocycles. The molecule has 9 nitrogen and oxygen atoms in total. The Balaban J connectivity index is 4.22. The van der Waals surface area contributed by atoms with Crippen molar-refractivity contribution in [3.8, 4) is 0 Å². The van der Waals surface area contributed by atoms with Gasteiger partial charge in [-0.05, 0) is 0 Å². The number of hydrogen-bond acceptors (Lipinski definition) is 7. The van der Waals surface area contributed by atoms with Gasteiger partial charge in [0.1, 0.15) is 24.4 Å². The van der Waals surface area contributed by atoms with Crippen molar-refractivity contribution in [1.82, 2.24) is 0 Å². The van der Waals surface area contributed by atoms with Crippen LogP contribution in [0, 0.1) is 0 Å². The molecule has 0 aliphatic rings. The lowest BCUT2D eigenvalue weighted by Crippen LogP contribution is -2.46. The number of rotatable bonds is 7. The van der Waals surface area contributed by atoms with Crippen molar-refractivity contribution in [2.45, 2.75) is 24.4 Å². The molecule has 10 heteroatoms. The Labute approximate surface area is 90.2 Å². The number of phosphoric ester groups is 1. The molecule has 0 unspecified atom stereocenters. The van der Waals surface area contributed by atoms with Gasteiger partial charge in [-0.25, -0.2) is 4.57 Å². The van der Waals surface area contributed by atoms with Crippen molar-refractivity contribution < 1.29 is 44.1 Å². The van der Waals surface area contributed by atoms with Crippen molar-refractivity contribution in [2.24, 2.45) is 0 Å². The average Bonchev–Trinajstić information content (AvgIpc) is 2.21. The molecule has 0 spiro atoms. The van der Waals surface area contributed by atoms with Crippen LogP contribution in [0.15, 0.2) is 0 Å². The van der Waals surface area contributed by atoms with Crippen molar-refractivity contribution in [3.63, 3.8) is 0 Å². The van der Waals surface area contributed by atoms with Gasteiger partial charge in [0, 0.05) is 0 Å². The number of carbonyl (C=O) groups excluding carboxylic acids is 1. The molecular formula is C6H13O9P. The molecule has 0 radical (unpaired) electrons. The second kappa shape index (κ2) is 6.38. The highest BCUT2D eigenvalue weighted by Crippen LogP contribution is 2.35. The Morgan fingerprint density at radius 2 is 1.62 bits per heavy atom. The van der Waals surface area contributed by atoms with Crippen molar-refractivity contribution in [3.05, 3.63) is 0 Å². The standard InChI is InChI=1S/C6H13O9P/c7-1-3(8)5(10)6(11)4(9)2-15-16(12,13)14/h1,3-6,8-11H,2H2,(H2,12,13,14)/t3-,4+,5+,6+/m0/s1/i1+1,3+1. The number of phosphoric acid groups is 1. The third kappa shape index (κ3) is 5.64. The second-order valence-electron chi connectivity index (χ2n) is 2.96. The summed E-state index contributed by atoms with van der Waals surface area (Å²) in [5, 5.41) is 36.1. The molecular weight excluding hydrogens is 249 g/mol. The van der Waals surface area contributed by atoms with E-state index in [0.29, 0.717) is 0 Å². The minimum Gasteiger partial charge on any atom is -0.388 e. The highest BCUT2D eigenvalue weighted by atomic mass is 31.2. The summed E-state index contributed by atoms with van der Waals surface area (Å²) in [5.74, 6) is 0. The van der Waals surface area contributed by atoms with Crippen LogP contribution in [0.1, 0.15) is 0 Å². The first kappa shape index (κ1) is 15.6. The predicted molar refractivity (Wildman–Crippen MR) is 48.1 cm³/mol. The van der Waals surface area contributed by atoms with Gasteiger partial charge in [-0.15, -0.1) is 0 Å². The van der Waals surface area contributed by atoms with Gasteiger partial charge in [0.05, 0.1) is 6.61 Å². The summed E-state index contributed by atoms with van der Waals surface area (Å²) in [6.45, 7) is -0.964. The lowest BCUT2D eigenvalue weighted by molar-refractivity contribution is -0.136. The van der Waals surface area contributed by atoms with Crippen molar-refractivity contribution >= 4 is 14.1 Å². The topological polar surface area (TPSA) is 165 Å². The van der Waals surface area contributed by atoms with Gasteiger partial charge in [0.15, 0.2) is 6.29 Å². The van der Waals surface area contributed by atoms with Gasteiger partial charge in [0.2, 0.25) is 0 Å². The van der Waals surface area contributed by atoms with E-state index in [2.05, 4.69) is 4.52 Å². The van der Waals surface area contributed by atoms with Crippen LogP contribution < -0.4 is 0 Å². The van der Waals surface area contributed by atoms with Gasteiger partial charge in [-0.2, -0.15) is 0 Å². The normalized spacial score (nSPS) is 19.9. The predicted octanol–water partition coefficient (Wildman–Crippen LogP) is -3.26. The summed E-state index contributed by atoms with van der Waals surface area (Å²) < 4.78 is 14.1. The largest absolute Gasteiger partial charge is 0.469 e. The first-order valence-electron chi connectivity index (χ1n) is 4.06. The Bertz CT molecular complexity index is 263. The second-order valence-corrected chi connectivity index (χ2v) is 4.20. The Morgan fingerprint density at radius 3 is 2.00 bits per heavy atom. The zero-order chi connectivity index (χ0) is 12.9. The maximum absolute atomic E-state index is 10.2. The molecule has 0 aromatic heterocycles. The lowest BCUT2D eigenvalue weighted by Gasteiger charge is -2.23. The Kier molecular flexibility index (Phi) is 6.23. The first-order valence-corrected chi connectivity index (χ1v) is 5.59. The molecule has 16 heavy (non-hydrogen) atoms. The molecule has 0 aromatic rings. The van der Waals surface area contributed by atoms with Crippen LogP contribution in [-0.4, -0.2) is 67.5 Å². The van der Waals surface area contributed by atoms with Gasteiger partial charge < -0.3 is 35.0 Å². The highest BCUT2D eigenvalue weighted by molar-refractivity contribution is 7.46. The smallest absolute Gasteiger partial charge is 0.388 e. The van der Waals surface area contributed by atoms with Crippen LogP contribution in [-0.2, 0) is 13.9 Å². The van der Waals surface area contributed by atoms with Crippen LogP contribution in [0.25, 0.3) is 0 Å². The fourth-order valence-electron chi connectivity index (χ4n) is 0.782. The third-order valence-electron chi connectivity index (χ3n) is 1.65. The number of carbonyl (C=O) groups is 1. The summed E-state index contributed by atoms with van der Waals surface area (Å²) in [6, 6.07) is 0. The number of hydrogen-bond donors (Lipinski definition) is 6. The molecule has 4 atom stereocenters. The monoisotopic (exact) mass is 262 g/mol. The van der Waals surface area contributed by atoms with Crippen molar-refractivity contribution in [1.29, 1.82) is 0 Å². The SMILES string of the molecule is O=[13CH][13C@H](O)[C@@H](O)[C@H](O)[C@H](O)COP(=O)(O)O. The van der Waals surface area contributed by atoms with Crippen LogP contribution in [0.5, 0.6) is 0 Å². The van der Waals surface area contributed by atoms with Gasteiger partial charge >= 0.3 is 7.82 Å². The minimum absolute atomic E-state index is 0.0650. The summed E-state index contributed by atoms with van der Waals surface area (Å²) >= 11 is 0. The van der Waals surface area contributed by atoms with Crippen LogP contribution in [0.2, 0.25) is 0 Å². The number of aliphatic hydroxyl groups excluding tert-OH is 4. The molecule has 96 valence electrons. The fourth-order valence-corrected chi connectivity index (χ4v) is 1.13. The van der Waals surface area contributed by atoms with E-state index in [1.54, 1.807) is 0 Å². The number of aliphatic hydroxyl groups is 4. The molecule has 0 saturated carbocycles. The molecule has 6 N–H and O–H groups in total. The highest BCUT2D eigenvalue weighted by Gasteiger charge is 2.31. The fraction of sp³-hybridized carbons (Fsp3) is 0.833. The van der Waals surface area contributed by atoms with Crippen LogP contribution in [0.4, 0.5) is 0 Å². The van der Waals surface area contributed by atoms with Gasteiger partial charge in [-0.1, -0.05) is 0 Å². The third-order valence-corrected chi connectivity index (χ3v) is 2.13. The zero-order valence-electron chi connectivity index (χ0n) is 7.95. The van der Waals surface area contributed by atoms with Crippen molar-refractivity contribution in [2.75, 3.05) is 6.61 Å². The van der Waals surface area contributed by atoms with E-state index in [1.165, 1.54) is 0 Å². The first-order chi connectivity index (χ1) is 7.19. The van der Waals surface area contributed by atoms with E-state index in [0.717, 1.165) is 0 Å². The molecule has 0 aliphatic heterocycles. The maximum atomic E-state index is 10.2. The maximum Gasteiger partial charge on any atom is 0.469 e. The summed E-state index contributed by atoms with van der Waals surface area (Å²) in [5.41, 5.74) is 0. The quantitative estimate of drug-likeness (QED) is 0.157. The van der Waals surface area contributed by atoms with Gasteiger partial charge in [-0.3, -0.25) is 4.52 Å². The Morgan fingerprint density at radius 1 is 1.12 bits per heavy atom. The molecule has 0 aromatic carbocycles. The van der Waals surface area contributed by atoms with E-state index in [9.17, 15) is 9.36 Å². The Hall–Kier alpha value is -0.380. The summed E-state index contributed by atoms with van der Waals surface area (Å²) in [6.07, 6.45) is -7.80. The van der Waals surface area contributed by atoms with E-state index in [1.807, 2.05) is 0 Å². The van der Waals surface area contributed by atoms with E-state index in [-0.39, 0.29) is 6.29 Å². The van der Waals surface area contributed by atoms with E-state index >= 15 is 0 Å². The van der Waals surface area contributed by atoms with E-state index < -0.39 is 38.8 Å². The van der Waals surface area contributed by atoms with Gasteiger partial charge in [0.25, 0.3) is 0 Å². The molecule has 0 saturated heterocycles. The molecule has 0 bridgehead atoms. The zero-order valence-corrected chi connectivity index (χ0v) is 8.84. The molecule has 0 amide bonds. The number of aldehydes is 1.